The third-order valence-corrected chi connectivity index (χ3v) is 4.10. The Morgan fingerprint density at radius 1 is 1.38 bits per heavy atom. The number of amides is 1. The lowest BCUT2D eigenvalue weighted by Crippen LogP contribution is -2.42. The van der Waals surface area contributed by atoms with Crippen LogP contribution in [-0.2, 0) is 16.1 Å². The zero-order chi connectivity index (χ0) is 18.9. The minimum Gasteiger partial charge on any atom is -0.484 e. The number of nitrogens with one attached hydrogen (secondary N) is 1. The number of aromatic nitrogens is 2. The molecule has 1 N–H and O–H groups in total. The maximum Gasteiger partial charge on any atom is 0.328 e. The topological polar surface area (TPSA) is 104 Å². The second kappa shape index (κ2) is 10.0. The molecule has 26 heavy (non-hydrogen) atoms. The molecule has 0 aromatic carbocycles. The zero-order valence-electron chi connectivity index (χ0n) is 14.2. The van der Waals surface area contributed by atoms with Crippen molar-refractivity contribution in [2.24, 2.45) is 0 Å². The molecule has 140 valence electrons. The number of nitrogens with zero attached hydrogens (tertiary/aromatic N) is 2. The van der Waals surface area contributed by atoms with Crippen LogP contribution < -0.4 is 10.1 Å². The molecule has 0 aliphatic rings. The van der Waals surface area contributed by atoms with E-state index in [1.807, 2.05) is 6.26 Å². The first-order valence-corrected chi connectivity index (χ1v) is 9.37. The van der Waals surface area contributed by atoms with Crippen molar-refractivity contribution < 1.29 is 23.6 Å². The Kier molecular flexibility index (Phi) is 7.73. The van der Waals surface area contributed by atoms with Crippen LogP contribution in [0.15, 0.2) is 29.0 Å². The summed E-state index contributed by atoms with van der Waals surface area (Å²) in [4.78, 5) is 27.9. The first-order valence-electron chi connectivity index (χ1n) is 7.60. The largest absolute Gasteiger partial charge is 0.484 e. The second-order valence-electron chi connectivity index (χ2n) is 5.14. The molecule has 2 aromatic heterocycles. The lowest BCUT2D eigenvalue weighted by molar-refractivity contribution is -0.142. The maximum absolute atomic E-state index is 12.3. The van der Waals surface area contributed by atoms with Gasteiger partial charge in [-0.1, -0.05) is 16.8 Å². The molecule has 8 nitrogen and oxygen atoms in total. The number of thioether (sulfide) groups is 1. The summed E-state index contributed by atoms with van der Waals surface area (Å²) < 4.78 is 15.2. The minimum atomic E-state index is -0.742. The fourth-order valence-corrected chi connectivity index (χ4v) is 2.61. The fraction of sp³-hybridized carbons (Fsp3) is 0.375. The summed E-state index contributed by atoms with van der Waals surface area (Å²) in [5.41, 5.74) is 0.0471. The highest BCUT2D eigenvalue weighted by Gasteiger charge is 2.23. The number of carbonyl (C=O) groups is 2. The fourth-order valence-electron chi connectivity index (χ4n) is 1.97. The summed E-state index contributed by atoms with van der Waals surface area (Å²) in [5.74, 6) is 0.469. The molecule has 0 aliphatic heterocycles. The van der Waals surface area contributed by atoms with E-state index < -0.39 is 17.9 Å². The third-order valence-electron chi connectivity index (χ3n) is 3.25. The Balaban J connectivity index is 1.94. The number of methoxy groups -OCH3 is 1. The molecule has 1 atom stereocenters. The highest BCUT2D eigenvalue weighted by atomic mass is 35.5. The van der Waals surface area contributed by atoms with E-state index in [-0.39, 0.29) is 12.3 Å². The molecule has 10 heteroatoms. The number of esters is 1. The summed E-state index contributed by atoms with van der Waals surface area (Å²) in [6.45, 7) is 0.0508. The smallest absolute Gasteiger partial charge is 0.328 e. The van der Waals surface area contributed by atoms with Crippen LogP contribution in [0.1, 0.15) is 22.7 Å². The molecule has 0 radical (unpaired) electrons. The van der Waals surface area contributed by atoms with E-state index in [0.717, 1.165) is 0 Å². The molecular weight excluding hydrogens is 382 g/mol. The molecule has 1 unspecified atom stereocenters. The molecule has 2 aromatic rings. The average molecular weight is 400 g/mol. The van der Waals surface area contributed by atoms with Crippen LogP contribution in [0.3, 0.4) is 0 Å². The number of rotatable bonds is 9. The van der Waals surface area contributed by atoms with Gasteiger partial charge in [-0.2, -0.15) is 11.8 Å². The Labute approximate surface area is 159 Å². The van der Waals surface area contributed by atoms with Crippen LogP contribution in [0.2, 0.25) is 5.02 Å². The van der Waals surface area contributed by atoms with Crippen LogP contribution >= 0.6 is 23.4 Å². The van der Waals surface area contributed by atoms with Crippen molar-refractivity contribution in [2.45, 2.75) is 19.1 Å². The van der Waals surface area contributed by atoms with Gasteiger partial charge in [-0.25, -0.2) is 4.79 Å². The zero-order valence-corrected chi connectivity index (χ0v) is 15.8. The molecule has 2 heterocycles. The van der Waals surface area contributed by atoms with E-state index in [0.29, 0.717) is 28.7 Å². The Bertz CT molecular complexity index is 755. The number of hydrogen-bond acceptors (Lipinski definition) is 8. The predicted molar refractivity (Wildman–Crippen MR) is 96.4 cm³/mol. The summed E-state index contributed by atoms with van der Waals surface area (Å²) in [7, 11) is 1.27. The number of halogens is 1. The Morgan fingerprint density at radius 3 is 2.88 bits per heavy atom. The molecule has 1 amide bonds. The van der Waals surface area contributed by atoms with Gasteiger partial charge < -0.3 is 19.3 Å². The molecule has 0 fully saturated rings. The maximum atomic E-state index is 12.3. The monoisotopic (exact) mass is 399 g/mol. The summed E-state index contributed by atoms with van der Waals surface area (Å²) >= 11 is 7.39. The first-order chi connectivity index (χ1) is 12.5. The molecule has 0 saturated heterocycles. The van der Waals surface area contributed by atoms with Gasteiger partial charge in [0.1, 0.15) is 18.4 Å². The van der Waals surface area contributed by atoms with E-state index in [4.69, 9.17) is 25.6 Å². The van der Waals surface area contributed by atoms with Crippen LogP contribution in [0.4, 0.5) is 0 Å². The van der Waals surface area contributed by atoms with Crippen molar-refractivity contribution in [1.29, 1.82) is 0 Å². The van der Waals surface area contributed by atoms with Crippen molar-refractivity contribution >= 4 is 35.2 Å². The van der Waals surface area contributed by atoms with Crippen molar-refractivity contribution in [3.8, 4) is 5.75 Å². The standard InChI is InChI=1S/C16H18ClN3O5S/c1-23-16(22)13(3-4-26-2)19-15(21)14-6-12(25-20-14)9-24-11-5-10(17)7-18-8-11/h5-8,13H,3-4,9H2,1-2H3,(H,19,21). The van der Waals surface area contributed by atoms with E-state index in [1.54, 1.807) is 17.8 Å². The van der Waals surface area contributed by atoms with Crippen LogP contribution in [0.5, 0.6) is 5.75 Å². The third kappa shape index (κ3) is 5.92. The van der Waals surface area contributed by atoms with E-state index in [2.05, 4.69) is 15.5 Å². The van der Waals surface area contributed by atoms with Gasteiger partial charge in [0, 0.05) is 18.3 Å². The van der Waals surface area contributed by atoms with Gasteiger partial charge in [0.25, 0.3) is 5.91 Å². The van der Waals surface area contributed by atoms with Gasteiger partial charge in [-0.05, 0) is 18.4 Å². The minimum absolute atomic E-state index is 0.0471. The Morgan fingerprint density at radius 2 is 2.19 bits per heavy atom. The molecule has 2 rings (SSSR count). The van der Waals surface area contributed by atoms with Gasteiger partial charge in [0.2, 0.25) is 0 Å². The van der Waals surface area contributed by atoms with E-state index in [9.17, 15) is 9.59 Å². The summed E-state index contributed by atoms with van der Waals surface area (Å²) in [6, 6.07) is 2.30. The lowest BCUT2D eigenvalue weighted by Gasteiger charge is -2.14. The van der Waals surface area contributed by atoms with E-state index >= 15 is 0 Å². The SMILES string of the molecule is COC(=O)C(CCSC)NC(=O)c1cc(COc2cncc(Cl)c2)on1. The number of ether oxygens (including phenoxy) is 2. The average Bonchev–Trinajstić information content (AvgIpc) is 3.12. The predicted octanol–water partition coefficient (Wildman–Crippen LogP) is 2.33. The molecule has 0 bridgehead atoms. The van der Waals surface area contributed by atoms with Crippen molar-refractivity contribution in [1.82, 2.24) is 15.5 Å². The van der Waals surface area contributed by atoms with Gasteiger partial charge in [0.05, 0.1) is 18.3 Å². The first kappa shape index (κ1) is 20.1. The van der Waals surface area contributed by atoms with Crippen molar-refractivity contribution in [3.63, 3.8) is 0 Å². The molecule has 0 aliphatic carbocycles. The second-order valence-corrected chi connectivity index (χ2v) is 6.56. The van der Waals surface area contributed by atoms with Gasteiger partial charge >= 0.3 is 5.97 Å². The number of hydrogen-bond donors (Lipinski definition) is 1. The normalized spacial score (nSPS) is 11.7. The van der Waals surface area contributed by atoms with Crippen molar-refractivity contribution in [2.75, 3.05) is 19.1 Å². The highest BCUT2D eigenvalue weighted by molar-refractivity contribution is 7.98. The summed E-state index contributed by atoms with van der Waals surface area (Å²) in [6.07, 6.45) is 5.35. The number of carbonyl (C=O) groups excluding carboxylic acids is 2. The Hall–Kier alpha value is -2.26. The van der Waals surface area contributed by atoms with Gasteiger partial charge in [-0.3, -0.25) is 9.78 Å². The molecular formula is C16H18ClN3O5S. The molecule has 0 saturated carbocycles. The quantitative estimate of drug-likeness (QED) is 0.641. The van der Waals surface area contributed by atoms with Gasteiger partial charge in [0.15, 0.2) is 11.5 Å². The lowest BCUT2D eigenvalue weighted by atomic mass is 10.2. The van der Waals surface area contributed by atoms with Crippen molar-refractivity contribution in [3.05, 3.63) is 41.0 Å². The van der Waals surface area contributed by atoms with Crippen LogP contribution in [0.25, 0.3) is 0 Å². The number of pyridine rings is 1. The van der Waals surface area contributed by atoms with E-state index in [1.165, 1.54) is 25.6 Å². The molecule has 0 spiro atoms. The summed E-state index contributed by atoms with van der Waals surface area (Å²) in [5, 5.41) is 6.74. The highest BCUT2D eigenvalue weighted by Crippen LogP contribution is 2.17. The van der Waals surface area contributed by atoms with Crippen LogP contribution in [-0.4, -0.2) is 47.2 Å². The van der Waals surface area contributed by atoms with Gasteiger partial charge in [-0.15, -0.1) is 0 Å². The van der Waals surface area contributed by atoms with Crippen LogP contribution in [0, 0.1) is 0 Å².